The van der Waals surface area contributed by atoms with Gasteiger partial charge in [0.15, 0.2) is 0 Å². The Balaban J connectivity index is 2.39. The van der Waals surface area contributed by atoms with Gasteiger partial charge in [0.05, 0.1) is 6.20 Å². The number of pyridine rings is 1. The van der Waals surface area contributed by atoms with E-state index in [2.05, 4.69) is 22.2 Å². The molecule has 0 saturated carbocycles. The lowest BCUT2D eigenvalue weighted by Gasteiger charge is -2.12. The molecular weight excluding hydrogens is 243 g/mol. The first-order valence-electron chi connectivity index (χ1n) is 6.64. The molecule has 102 valence electrons. The predicted molar refractivity (Wildman–Crippen MR) is 72.7 cm³/mol. The van der Waals surface area contributed by atoms with Crippen molar-refractivity contribution in [3.8, 4) is 5.82 Å². The van der Waals surface area contributed by atoms with Crippen molar-refractivity contribution >= 4 is 0 Å². The molecule has 0 fully saturated rings. The Morgan fingerprint density at radius 1 is 1.32 bits per heavy atom. The fourth-order valence-corrected chi connectivity index (χ4v) is 2.02. The molecule has 0 spiro atoms. The molecule has 0 saturated heterocycles. The van der Waals surface area contributed by atoms with Crippen LogP contribution in [0.3, 0.4) is 0 Å². The van der Waals surface area contributed by atoms with E-state index in [4.69, 9.17) is 0 Å². The monoisotopic (exact) mass is 262 g/mol. The van der Waals surface area contributed by atoms with E-state index in [1.54, 1.807) is 6.20 Å². The van der Waals surface area contributed by atoms with E-state index in [-0.39, 0.29) is 5.82 Å². The minimum Gasteiger partial charge on any atom is -0.313 e. The molecule has 2 aromatic heterocycles. The van der Waals surface area contributed by atoms with Crippen LogP contribution in [-0.4, -0.2) is 21.1 Å². The van der Waals surface area contributed by atoms with Crippen LogP contribution in [-0.2, 0) is 13.0 Å². The summed E-state index contributed by atoms with van der Waals surface area (Å²) in [6, 6.07) is 1.53. The van der Waals surface area contributed by atoms with Crippen molar-refractivity contribution in [2.24, 2.45) is 0 Å². The topological polar surface area (TPSA) is 42.7 Å². The highest BCUT2D eigenvalue weighted by molar-refractivity contribution is 5.35. The lowest BCUT2D eigenvalue weighted by molar-refractivity contribution is 0.611. The van der Waals surface area contributed by atoms with Crippen LogP contribution in [0.5, 0.6) is 0 Å². The number of rotatable bonds is 6. The van der Waals surface area contributed by atoms with Crippen molar-refractivity contribution in [3.63, 3.8) is 0 Å². The van der Waals surface area contributed by atoms with Gasteiger partial charge in [0.2, 0.25) is 0 Å². The summed E-state index contributed by atoms with van der Waals surface area (Å²) in [5.41, 5.74) is 0.845. The van der Waals surface area contributed by atoms with Crippen LogP contribution in [0.1, 0.15) is 31.7 Å². The quantitative estimate of drug-likeness (QED) is 0.869. The van der Waals surface area contributed by atoms with Gasteiger partial charge in [-0.2, -0.15) is 0 Å². The maximum atomic E-state index is 13.3. The number of nitrogens with one attached hydrogen (secondary N) is 1. The van der Waals surface area contributed by atoms with Gasteiger partial charge in [-0.15, -0.1) is 0 Å². The van der Waals surface area contributed by atoms with Crippen LogP contribution in [0, 0.1) is 5.82 Å². The van der Waals surface area contributed by atoms with Gasteiger partial charge in [0.25, 0.3) is 0 Å². The Morgan fingerprint density at radius 3 is 2.89 bits per heavy atom. The van der Waals surface area contributed by atoms with Crippen LogP contribution >= 0.6 is 0 Å². The van der Waals surface area contributed by atoms with Crippen molar-refractivity contribution < 1.29 is 4.39 Å². The van der Waals surface area contributed by atoms with Gasteiger partial charge in [-0.1, -0.05) is 13.8 Å². The normalized spacial score (nSPS) is 10.9. The summed E-state index contributed by atoms with van der Waals surface area (Å²) < 4.78 is 15.3. The zero-order chi connectivity index (χ0) is 13.7. The third-order valence-corrected chi connectivity index (χ3v) is 2.89. The molecule has 5 heteroatoms. The first kappa shape index (κ1) is 13.7. The van der Waals surface area contributed by atoms with Gasteiger partial charge in [-0.3, -0.25) is 4.57 Å². The molecule has 0 aliphatic heterocycles. The molecule has 2 rings (SSSR count). The van der Waals surface area contributed by atoms with E-state index >= 15 is 0 Å². The number of hydrogen-bond donors (Lipinski definition) is 1. The Bertz CT molecular complexity index is 536. The van der Waals surface area contributed by atoms with Crippen LogP contribution in [0.4, 0.5) is 4.39 Å². The summed E-state index contributed by atoms with van der Waals surface area (Å²) in [7, 11) is 0. The highest BCUT2D eigenvalue weighted by Gasteiger charge is 2.11. The molecule has 0 atom stereocenters. The number of imidazole rings is 1. The number of hydrogen-bond acceptors (Lipinski definition) is 3. The SMILES string of the molecule is CCCc1nccn1-c1ncc(F)cc1CNCC. The van der Waals surface area contributed by atoms with Crippen molar-refractivity contribution in [2.75, 3.05) is 6.54 Å². The smallest absolute Gasteiger partial charge is 0.142 e. The second kappa shape index (κ2) is 6.43. The molecule has 4 nitrogen and oxygen atoms in total. The van der Waals surface area contributed by atoms with Gasteiger partial charge in [-0.05, 0) is 19.0 Å². The maximum Gasteiger partial charge on any atom is 0.142 e. The zero-order valence-electron chi connectivity index (χ0n) is 11.4. The number of nitrogens with zero attached hydrogens (tertiary/aromatic N) is 3. The first-order chi connectivity index (χ1) is 9.26. The largest absolute Gasteiger partial charge is 0.313 e. The standard InChI is InChI=1S/C14H19FN4/c1-3-5-13-17-6-7-19(13)14-11(9-16-4-2)8-12(15)10-18-14/h6-8,10,16H,3-5,9H2,1-2H3. The summed E-state index contributed by atoms with van der Waals surface area (Å²) in [4.78, 5) is 8.56. The minimum atomic E-state index is -0.311. The van der Waals surface area contributed by atoms with Crippen LogP contribution in [0.2, 0.25) is 0 Å². The third-order valence-electron chi connectivity index (χ3n) is 2.89. The summed E-state index contributed by atoms with van der Waals surface area (Å²) in [6.07, 6.45) is 6.78. The number of aryl methyl sites for hydroxylation is 1. The highest BCUT2D eigenvalue weighted by atomic mass is 19.1. The number of halogens is 1. The van der Waals surface area contributed by atoms with Gasteiger partial charge in [-0.25, -0.2) is 14.4 Å². The van der Waals surface area contributed by atoms with Crippen molar-refractivity contribution in [2.45, 2.75) is 33.2 Å². The van der Waals surface area contributed by atoms with Crippen LogP contribution in [0.25, 0.3) is 5.82 Å². The lowest BCUT2D eigenvalue weighted by Crippen LogP contribution is -2.15. The van der Waals surface area contributed by atoms with E-state index in [9.17, 15) is 4.39 Å². The third kappa shape index (κ3) is 3.17. The van der Waals surface area contributed by atoms with E-state index < -0.39 is 0 Å². The van der Waals surface area contributed by atoms with Crippen LogP contribution < -0.4 is 5.32 Å². The predicted octanol–water partition coefficient (Wildman–Crippen LogP) is 2.47. The second-order valence-electron chi connectivity index (χ2n) is 4.38. The van der Waals surface area contributed by atoms with Gasteiger partial charge in [0, 0.05) is 30.9 Å². The van der Waals surface area contributed by atoms with Crippen LogP contribution in [0.15, 0.2) is 24.7 Å². The summed E-state index contributed by atoms with van der Waals surface area (Å²) >= 11 is 0. The second-order valence-corrected chi connectivity index (χ2v) is 4.38. The first-order valence-corrected chi connectivity index (χ1v) is 6.64. The average molecular weight is 262 g/mol. The minimum absolute atomic E-state index is 0.311. The van der Waals surface area contributed by atoms with E-state index in [1.807, 2.05) is 17.7 Å². The Labute approximate surface area is 112 Å². The molecule has 2 aromatic rings. The fraction of sp³-hybridized carbons (Fsp3) is 0.429. The summed E-state index contributed by atoms with van der Waals surface area (Å²) in [5.74, 6) is 1.40. The Kier molecular flexibility index (Phi) is 4.63. The van der Waals surface area contributed by atoms with Gasteiger partial charge >= 0.3 is 0 Å². The maximum absolute atomic E-state index is 13.3. The van der Waals surface area contributed by atoms with Crippen molar-refractivity contribution in [1.82, 2.24) is 19.9 Å². The molecule has 0 aliphatic carbocycles. The molecule has 2 heterocycles. The Hall–Kier alpha value is -1.75. The van der Waals surface area contributed by atoms with E-state index in [0.29, 0.717) is 6.54 Å². The van der Waals surface area contributed by atoms with Gasteiger partial charge < -0.3 is 5.32 Å². The summed E-state index contributed by atoms with van der Waals surface area (Å²) in [6.45, 7) is 5.56. The molecule has 1 N–H and O–H groups in total. The van der Waals surface area contributed by atoms with E-state index in [0.717, 1.165) is 36.6 Å². The molecule has 0 aromatic carbocycles. The summed E-state index contributed by atoms with van der Waals surface area (Å²) in [5, 5.41) is 3.21. The Morgan fingerprint density at radius 2 is 2.16 bits per heavy atom. The average Bonchev–Trinajstić information content (AvgIpc) is 2.85. The molecule has 0 radical (unpaired) electrons. The van der Waals surface area contributed by atoms with Crippen molar-refractivity contribution in [1.29, 1.82) is 0 Å². The van der Waals surface area contributed by atoms with Crippen molar-refractivity contribution in [3.05, 3.63) is 41.9 Å². The molecule has 0 amide bonds. The molecule has 0 aliphatic rings. The number of aromatic nitrogens is 3. The van der Waals surface area contributed by atoms with Gasteiger partial charge in [0.1, 0.15) is 17.5 Å². The van der Waals surface area contributed by atoms with E-state index in [1.165, 1.54) is 12.3 Å². The lowest BCUT2D eigenvalue weighted by atomic mass is 10.2. The zero-order valence-corrected chi connectivity index (χ0v) is 11.4. The molecule has 19 heavy (non-hydrogen) atoms. The molecular formula is C14H19FN4. The fourth-order valence-electron chi connectivity index (χ4n) is 2.02. The highest BCUT2D eigenvalue weighted by Crippen LogP contribution is 2.16. The molecule has 0 unspecified atom stereocenters. The molecule has 0 bridgehead atoms.